The van der Waals surface area contributed by atoms with Crippen LogP contribution in [-0.4, -0.2) is 34.9 Å². The fraction of sp³-hybridized carbons (Fsp3) is 0.400. The van der Waals surface area contributed by atoms with Crippen molar-refractivity contribution in [3.05, 3.63) is 59.9 Å². The van der Waals surface area contributed by atoms with Crippen molar-refractivity contribution >= 4 is 10.0 Å². The number of hydrogen-bond acceptors (Lipinski definition) is 5. The molecule has 8 nitrogen and oxygen atoms in total. The van der Waals surface area contributed by atoms with Crippen molar-refractivity contribution in [2.75, 3.05) is 7.11 Å². The van der Waals surface area contributed by atoms with E-state index in [4.69, 9.17) is 4.74 Å². The number of ether oxygens (including phenoxy) is 1. The van der Waals surface area contributed by atoms with Gasteiger partial charge in [0.05, 0.1) is 12.8 Å². The Labute approximate surface area is 171 Å². The van der Waals surface area contributed by atoms with Crippen molar-refractivity contribution in [2.45, 2.75) is 38.3 Å². The molecular formula is C20H27N5O3S. The largest absolute Gasteiger partial charge is 0.497 e. The van der Waals surface area contributed by atoms with Gasteiger partial charge in [-0.15, -0.1) is 0 Å². The first-order valence-corrected chi connectivity index (χ1v) is 10.9. The molecule has 0 fully saturated rings. The highest BCUT2D eigenvalue weighted by Crippen LogP contribution is 2.27. The Hall–Kier alpha value is -2.65. The Balaban J connectivity index is 2.01. The summed E-state index contributed by atoms with van der Waals surface area (Å²) in [6.45, 7) is 6.47. The molecule has 0 aliphatic rings. The van der Waals surface area contributed by atoms with Crippen molar-refractivity contribution in [3.63, 3.8) is 0 Å². The van der Waals surface area contributed by atoms with Crippen LogP contribution in [0, 0.1) is 12.8 Å². The van der Waals surface area contributed by atoms with Gasteiger partial charge in [-0.25, -0.2) is 13.4 Å². The van der Waals surface area contributed by atoms with E-state index in [1.807, 2.05) is 25.2 Å². The molecule has 3 aromatic rings. The Bertz CT molecular complexity index is 1090. The zero-order valence-corrected chi connectivity index (χ0v) is 18.1. The summed E-state index contributed by atoms with van der Waals surface area (Å²) < 4.78 is 38.1. The molecule has 0 saturated heterocycles. The lowest BCUT2D eigenvalue weighted by Gasteiger charge is -2.19. The van der Waals surface area contributed by atoms with Gasteiger partial charge in [0, 0.05) is 32.2 Å². The van der Waals surface area contributed by atoms with Gasteiger partial charge in [-0.3, -0.25) is 4.68 Å². The smallest absolute Gasteiger partial charge is 0.244 e. The number of rotatable bonds is 8. The van der Waals surface area contributed by atoms with E-state index in [0.717, 1.165) is 5.56 Å². The summed E-state index contributed by atoms with van der Waals surface area (Å²) in [5.41, 5.74) is 1.19. The fourth-order valence-corrected chi connectivity index (χ4v) is 4.56. The van der Waals surface area contributed by atoms with E-state index in [-0.39, 0.29) is 4.90 Å². The average Bonchev–Trinajstić information content (AvgIpc) is 3.25. The number of sulfonamides is 1. The lowest BCUT2D eigenvalue weighted by molar-refractivity contribution is 0.413. The zero-order chi connectivity index (χ0) is 21.2. The number of methoxy groups -OCH3 is 1. The third-order valence-corrected chi connectivity index (χ3v) is 6.09. The highest BCUT2D eigenvalue weighted by Gasteiger charge is 2.28. The minimum Gasteiger partial charge on any atom is -0.497 e. The first kappa shape index (κ1) is 21.1. The molecule has 3 rings (SSSR count). The molecule has 2 heterocycles. The van der Waals surface area contributed by atoms with Crippen LogP contribution in [-0.2, 0) is 23.6 Å². The molecule has 29 heavy (non-hydrogen) atoms. The van der Waals surface area contributed by atoms with Crippen molar-refractivity contribution in [3.8, 4) is 5.75 Å². The summed E-state index contributed by atoms with van der Waals surface area (Å²) in [7, 11) is -0.439. The summed E-state index contributed by atoms with van der Waals surface area (Å²) in [5, 5.41) is 4.36. The first-order chi connectivity index (χ1) is 13.7. The van der Waals surface area contributed by atoms with E-state index < -0.39 is 16.1 Å². The van der Waals surface area contributed by atoms with Crippen molar-refractivity contribution in [1.82, 2.24) is 24.1 Å². The normalized spacial score (nSPS) is 13.0. The number of aromatic nitrogens is 4. The number of nitrogens with zero attached hydrogens (tertiary/aromatic N) is 4. The second-order valence-electron chi connectivity index (χ2n) is 7.42. The van der Waals surface area contributed by atoms with E-state index in [9.17, 15) is 8.42 Å². The van der Waals surface area contributed by atoms with Crippen LogP contribution in [0.3, 0.4) is 0 Å². The van der Waals surface area contributed by atoms with Gasteiger partial charge < -0.3 is 9.30 Å². The van der Waals surface area contributed by atoms with Gasteiger partial charge in [0.2, 0.25) is 10.0 Å². The van der Waals surface area contributed by atoms with Gasteiger partial charge in [0.25, 0.3) is 0 Å². The van der Waals surface area contributed by atoms with Gasteiger partial charge in [-0.2, -0.15) is 9.82 Å². The van der Waals surface area contributed by atoms with Gasteiger partial charge in [0.15, 0.2) is 0 Å². The molecule has 9 heteroatoms. The van der Waals surface area contributed by atoms with Crippen molar-refractivity contribution in [2.24, 2.45) is 13.0 Å². The standard InChI is InChI=1S/C20H27N5O3S/c1-14(2)12-25-13-18(15(3)22-25)29(26,27)23-19(20-21-9-10-24(20)4)16-7-6-8-17(11-16)28-5/h6-11,13-14,19,23H,12H2,1-5H3. The van der Waals surface area contributed by atoms with Crippen LogP contribution < -0.4 is 9.46 Å². The summed E-state index contributed by atoms with van der Waals surface area (Å²) in [6.07, 6.45) is 5.00. The predicted octanol–water partition coefficient (Wildman–Crippen LogP) is 2.66. The van der Waals surface area contributed by atoms with Crippen molar-refractivity contribution < 1.29 is 13.2 Å². The summed E-state index contributed by atoms with van der Waals surface area (Å²) in [4.78, 5) is 4.53. The van der Waals surface area contributed by atoms with E-state index in [0.29, 0.717) is 29.7 Å². The summed E-state index contributed by atoms with van der Waals surface area (Å²) in [5.74, 6) is 1.57. The minimum atomic E-state index is -3.84. The third-order valence-electron chi connectivity index (χ3n) is 4.56. The maximum atomic E-state index is 13.3. The molecular weight excluding hydrogens is 390 g/mol. The van der Waals surface area contributed by atoms with Crippen LogP contribution in [0.1, 0.15) is 37.0 Å². The molecule has 0 amide bonds. The molecule has 0 spiro atoms. The molecule has 1 atom stereocenters. The highest BCUT2D eigenvalue weighted by molar-refractivity contribution is 7.89. The molecule has 0 aliphatic heterocycles. The minimum absolute atomic E-state index is 0.167. The molecule has 0 aliphatic carbocycles. The Morgan fingerprint density at radius 1 is 1.28 bits per heavy atom. The lowest BCUT2D eigenvalue weighted by Crippen LogP contribution is -2.31. The van der Waals surface area contributed by atoms with E-state index in [1.54, 1.807) is 47.9 Å². The molecule has 2 aromatic heterocycles. The topological polar surface area (TPSA) is 91.0 Å². The van der Waals surface area contributed by atoms with Gasteiger partial charge in [0.1, 0.15) is 22.5 Å². The number of imidazole rings is 1. The molecule has 1 unspecified atom stereocenters. The third kappa shape index (κ3) is 4.68. The van der Waals surface area contributed by atoms with E-state index in [1.165, 1.54) is 0 Å². The number of hydrogen-bond donors (Lipinski definition) is 1. The second kappa shape index (κ2) is 8.38. The van der Waals surface area contributed by atoms with Gasteiger partial charge in [-0.1, -0.05) is 26.0 Å². The van der Waals surface area contributed by atoms with Crippen LogP contribution in [0.25, 0.3) is 0 Å². The summed E-state index contributed by atoms with van der Waals surface area (Å²) >= 11 is 0. The second-order valence-corrected chi connectivity index (χ2v) is 9.10. The lowest BCUT2D eigenvalue weighted by atomic mass is 10.1. The number of aryl methyl sites for hydroxylation is 2. The molecule has 156 valence electrons. The maximum absolute atomic E-state index is 13.3. The molecule has 1 aromatic carbocycles. The van der Waals surface area contributed by atoms with Crippen LogP contribution >= 0.6 is 0 Å². The Morgan fingerprint density at radius 3 is 2.66 bits per heavy atom. The number of benzene rings is 1. The van der Waals surface area contributed by atoms with Crippen LogP contribution in [0.15, 0.2) is 47.8 Å². The van der Waals surface area contributed by atoms with E-state index >= 15 is 0 Å². The maximum Gasteiger partial charge on any atom is 0.244 e. The average molecular weight is 418 g/mol. The molecule has 0 saturated carbocycles. The Kier molecular flexibility index (Phi) is 6.09. The molecule has 0 radical (unpaired) electrons. The van der Waals surface area contributed by atoms with E-state index in [2.05, 4.69) is 28.7 Å². The quantitative estimate of drug-likeness (QED) is 0.608. The predicted molar refractivity (Wildman–Crippen MR) is 110 cm³/mol. The zero-order valence-electron chi connectivity index (χ0n) is 17.3. The first-order valence-electron chi connectivity index (χ1n) is 9.39. The van der Waals surface area contributed by atoms with Crippen molar-refractivity contribution in [1.29, 1.82) is 0 Å². The Morgan fingerprint density at radius 2 is 2.03 bits per heavy atom. The molecule has 1 N–H and O–H groups in total. The van der Waals surface area contributed by atoms with Crippen LogP contribution in [0.5, 0.6) is 5.75 Å². The van der Waals surface area contributed by atoms with Crippen LogP contribution in [0.2, 0.25) is 0 Å². The number of nitrogens with one attached hydrogen (secondary N) is 1. The molecule has 0 bridgehead atoms. The van der Waals surface area contributed by atoms with Crippen LogP contribution in [0.4, 0.5) is 0 Å². The summed E-state index contributed by atoms with van der Waals surface area (Å²) in [6, 6.07) is 6.61. The van der Waals surface area contributed by atoms with Gasteiger partial charge >= 0.3 is 0 Å². The fourth-order valence-electron chi connectivity index (χ4n) is 3.20. The van der Waals surface area contributed by atoms with Gasteiger partial charge in [-0.05, 0) is 30.5 Å². The monoisotopic (exact) mass is 417 g/mol. The highest BCUT2D eigenvalue weighted by atomic mass is 32.2. The SMILES string of the molecule is COc1cccc(C(NS(=O)(=O)c2cn(CC(C)C)nc2C)c2nccn2C)c1.